The highest BCUT2D eigenvalue weighted by atomic mass is 19.4. The Balaban J connectivity index is 1.93. The lowest BCUT2D eigenvalue weighted by atomic mass is 10.1. The van der Waals surface area contributed by atoms with Gasteiger partial charge in [-0.1, -0.05) is 31.2 Å². The van der Waals surface area contributed by atoms with Crippen LogP contribution in [0, 0.1) is 0 Å². The largest absolute Gasteiger partial charge is 0.573 e. The predicted octanol–water partition coefficient (Wildman–Crippen LogP) is 4.60. The molecular weight excluding hydrogens is 305 g/mol. The average molecular weight is 320 g/mol. The summed E-state index contributed by atoms with van der Waals surface area (Å²) < 4.78 is 39.9. The summed E-state index contributed by atoms with van der Waals surface area (Å²) in [6, 6.07) is 13.3. The van der Waals surface area contributed by atoms with Crippen LogP contribution >= 0.6 is 0 Å². The molecule has 0 N–H and O–H groups in total. The Bertz CT molecular complexity index is 674. The monoisotopic (exact) mass is 320 g/mol. The maximum Gasteiger partial charge on any atom is 0.573 e. The summed E-state index contributed by atoms with van der Waals surface area (Å²) in [6.07, 6.45) is -0.651. The number of benzene rings is 2. The van der Waals surface area contributed by atoms with Crippen LogP contribution < -0.4 is 4.74 Å². The van der Waals surface area contributed by atoms with Crippen molar-refractivity contribution >= 4 is 12.4 Å². The Morgan fingerprint density at radius 2 is 1.35 bits per heavy atom. The van der Waals surface area contributed by atoms with Crippen LogP contribution in [0.25, 0.3) is 0 Å². The number of ether oxygens (including phenoxy) is 1. The Hall–Kier alpha value is -2.63. The van der Waals surface area contributed by atoms with Gasteiger partial charge in [-0.05, 0) is 47.4 Å². The fourth-order valence-corrected chi connectivity index (χ4v) is 1.79. The number of nitrogens with zero attached hydrogens (tertiary/aromatic N) is 2. The Morgan fingerprint density at radius 1 is 0.870 bits per heavy atom. The van der Waals surface area contributed by atoms with Gasteiger partial charge in [0.25, 0.3) is 0 Å². The van der Waals surface area contributed by atoms with Crippen LogP contribution in [0.2, 0.25) is 0 Å². The summed E-state index contributed by atoms with van der Waals surface area (Å²) in [4.78, 5) is 0. The van der Waals surface area contributed by atoms with Crippen molar-refractivity contribution in [1.29, 1.82) is 0 Å². The molecule has 0 atom stereocenters. The van der Waals surface area contributed by atoms with Crippen molar-refractivity contribution in [3.8, 4) is 5.75 Å². The summed E-state index contributed by atoms with van der Waals surface area (Å²) in [5.41, 5.74) is 2.79. The van der Waals surface area contributed by atoms with Gasteiger partial charge in [-0.2, -0.15) is 10.2 Å². The summed E-state index contributed by atoms with van der Waals surface area (Å²) >= 11 is 0. The van der Waals surface area contributed by atoms with E-state index in [0.29, 0.717) is 5.56 Å². The minimum Gasteiger partial charge on any atom is -0.406 e. The van der Waals surface area contributed by atoms with Crippen molar-refractivity contribution in [2.24, 2.45) is 10.2 Å². The molecule has 0 saturated heterocycles. The van der Waals surface area contributed by atoms with Gasteiger partial charge < -0.3 is 4.74 Å². The molecule has 23 heavy (non-hydrogen) atoms. The first-order chi connectivity index (χ1) is 11.0. The molecule has 0 aliphatic heterocycles. The Labute approximate surface area is 132 Å². The maximum absolute atomic E-state index is 12.0. The van der Waals surface area contributed by atoms with Crippen LogP contribution in [-0.4, -0.2) is 18.8 Å². The molecule has 2 aromatic carbocycles. The molecule has 0 bridgehead atoms. The number of aryl methyl sites for hydroxylation is 1. The topological polar surface area (TPSA) is 34.0 Å². The van der Waals surface area contributed by atoms with E-state index in [1.807, 2.05) is 24.3 Å². The number of rotatable bonds is 5. The SMILES string of the molecule is CCc1ccc(/C=N/N=C/c2ccc(OC(F)(F)F)cc2)cc1. The lowest BCUT2D eigenvalue weighted by Crippen LogP contribution is -2.16. The van der Waals surface area contributed by atoms with E-state index < -0.39 is 6.36 Å². The molecule has 0 spiro atoms. The number of halogens is 3. The lowest BCUT2D eigenvalue weighted by molar-refractivity contribution is -0.274. The predicted molar refractivity (Wildman–Crippen MR) is 84.1 cm³/mol. The van der Waals surface area contributed by atoms with Gasteiger partial charge in [-0.25, -0.2) is 0 Å². The molecule has 0 unspecified atom stereocenters. The first-order valence-electron chi connectivity index (χ1n) is 6.97. The third kappa shape index (κ3) is 5.94. The van der Waals surface area contributed by atoms with Crippen LogP contribution in [0.4, 0.5) is 13.2 Å². The van der Waals surface area contributed by atoms with Crippen molar-refractivity contribution in [2.45, 2.75) is 19.7 Å². The third-order valence-corrected chi connectivity index (χ3v) is 2.98. The first kappa shape index (κ1) is 16.7. The highest BCUT2D eigenvalue weighted by Crippen LogP contribution is 2.22. The van der Waals surface area contributed by atoms with Gasteiger partial charge in [0.15, 0.2) is 0 Å². The molecule has 2 rings (SSSR count). The fraction of sp³-hybridized carbons (Fsp3) is 0.176. The second kappa shape index (κ2) is 7.58. The van der Waals surface area contributed by atoms with E-state index in [1.54, 1.807) is 6.21 Å². The normalized spacial score (nSPS) is 12.2. The van der Waals surface area contributed by atoms with Crippen LogP contribution in [0.3, 0.4) is 0 Å². The zero-order valence-corrected chi connectivity index (χ0v) is 12.4. The number of hydrogen-bond acceptors (Lipinski definition) is 3. The van der Waals surface area contributed by atoms with E-state index >= 15 is 0 Å². The first-order valence-corrected chi connectivity index (χ1v) is 6.97. The van der Waals surface area contributed by atoms with E-state index in [1.165, 1.54) is 36.0 Å². The van der Waals surface area contributed by atoms with E-state index in [4.69, 9.17) is 0 Å². The molecule has 0 radical (unpaired) electrons. The van der Waals surface area contributed by atoms with Crippen molar-refractivity contribution < 1.29 is 17.9 Å². The van der Waals surface area contributed by atoms with Gasteiger partial charge in [0.1, 0.15) is 5.75 Å². The summed E-state index contributed by atoms with van der Waals surface area (Å²) in [7, 11) is 0. The summed E-state index contributed by atoms with van der Waals surface area (Å²) in [5, 5.41) is 7.77. The lowest BCUT2D eigenvalue weighted by Gasteiger charge is -2.08. The maximum atomic E-state index is 12.0. The molecule has 0 aliphatic carbocycles. The van der Waals surface area contributed by atoms with Crippen molar-refractivity contribution in [3.63, 3.8) is 0 Å². The van der Waals surface area contributed by atoms with E-state index in [-0.39, 0.29) is 5.75 Å². The zero-order valence-electron chi connectivity index (χ0n) is 12.4. The average Bonchev–Trinajstić information content (AvgIpc) is 2.52. The second-order valence-corrected chi connectivity index (χ2v) is 4.70. The fourth-order valence-electron chi connectivity index (χ4n) is 1.79. The molecule has 0 fully saturated rings. The van der Waals surface area contributed by atoms with Gasteiger partial charge >= 0.3 is 6.36 Å². The highest BCUT2D eigenvalue weighted by molar-refractivity contribution is 5.82. The Morgan fingerprint density at radius 3 is 1.78 bits per heavy atom. The van der Waals surface area contributed by atoms with Crippen LogP contribution in [-0.2, 0) is 6.42 Å². The number of hydrogen-bond donors (Lipinski definition) is 0. The van der Waals surface area contributed by atoms with Crippen molar-refractivity contribution in [2.75, 3.05) is 0 Å². The van der Waals surface area contributed by atoms with Gasteiger partial charge in [0.05, 0.1) is 12.4 Å². The van der Waals surface area contributed by atoms with Crippen LogP contribution in [0.5, 0.6) is 5.75 Å². The molecule has 0 aromatic heterocycles. The van der Waals surface area contributed by atoms with Gasteiger partial charge in [0, 0.05) is 0 Å². The van der Waals surface area contributed by atoms with E-state index in [9.17, 15) is 13.2 Å². The van der Waals surface area contributed by atoms with E-state index in [2.05, 4.69) is 21.9 Å². The molecule has 0 saturated carbocycles. The van der Waals surface area contributed by atoms with Gasteiger partial charge in [-0.3, -0.25) is 0 Å². The minimum absolute atomic E-state index is 0.269. The van der Waals surface area contributed by atoms with Gasteiger partial charge in [-0.15, -0.1) is 13.2 Å². The van der Waals surface area contributed by atoms with Crippen LogP contribution in [0.1, 0.15) is 23.6 Å². The zero-order chi connectivity index (χ0) is 16.7. The molecule has 3 nitrogen and oxygen atoms in total. The number of alkyl halides is 3. The quantitative estimate of drug-likeness (QED) is 0.585. The van der Waals surface area contributed by atoms with E-state index in [0.717, 1.165) is 12.0 Å². The molecule has 6 heteroatoms. The Kier molecular flexibility index (Phi) is 5.51. The van der Waals surface area contributed by atoms with Crippen molar-refractivity contribution in [3.05, 3.63) is 65.2 Å². The second-order valence-electron chi connectivity index (χ2n) is 4.70. The molecule has 0 heterocycles. The standard InChI is InChI=1S/C17H15F3N2O/c1-2-13-3-5-14(6-4-13)11-21-22-12-15-7-9-16(10-8-15)23-17(18,19)20/h3-12H,2H2,1H3/b21-11+,22-12+. The molecular formula is C17H15F3N2O. The van der Waals surface area contributed by atoms with Crippen LogP contribution in [0.15, 0.2) is 58.7 Å². The highest BCUT2D eigenvalue weighted by Gasteiger charge is 2.30. The molecule has 0 amide bonds. The molecule has 0 aliphatic rings. The summed E-state index contributed by atoms with van der Waals surface area (Å²) in [5.74, 6) is -0.269. The minimum atomic E-state index is -4.69. The smallest absolute Gasteiger partial charge is 0.406 e. The summed E-state index contributed by atoms with van der Waals surface area (Å²) in [6.45, 7) is 2.08. The van der Waals surface area contributed by atoms with Crippen molar-refractivity contribution in [1.82, 2.24) is 0 Å². The molecule has 2 aromatic rings. The third-order valence-electron chi connectivity index (χ3n) is 2.98. The van der Waals surface area contributed by atoms with Gasteiger partial charge in [0.2, 0.25) is 0 Å². The molecule has 120 valence electrons.